The van der Waals surface area contributed by atoms with Crippen molar-refractivity contribution in [3.8, 4) is 57.0 Å². The third kappa shape index (κ3) is 11.3. The Balaban J connectivity index is 1.36. The summed E-state index contributed by atoms with van der Waals surface area (Å²) in [5.41, 5.74) is 30.0. The summed E-state index contributed by atoms with van der Waals surface area (Å²) >= 11 is 0. The molecule has 88 heavy (non-hydrogen) atoms. The molecule has 456 valence electrons. The number of rotatable bonds is 13. The van der Waals surface area contributed by atoms with Crippen molar-refractivity contribution >= 4 is 108 Å². The van der Waals surface area contributed by atoms with Gasteiger partial charge in [0.1, 0.15) is 32.3 Å². The average molecular weight is 1230 g/mol. The van der Waals surface area contributed by atoms with E-state index in [0.717, 1.165) is 22.3 Å². The molecule has 0 spiro atoms. The summed E-state index contributed by atoms with van der Waals surface area (Å²) in [4.78, 5) is 0. The fraction of sp³-hybridized carbons (Fsp3) is 0.429. The van der Waals surface area contributed by atoms with Crippen LogP contribution in [0.4, 0.5) is 0 Å². The van der Waals surface area contributed by atoms with Crippen LogP contribution in [0.3, 0.4) is 0 Å². The zero-order valence-corrected chi connectivity index (χ0v) is 62.5. The second-order valence-corrected chi connectivity index (χ2v) is 52.6. The monoisotopic (exact) mass is 1220 g/mol. The van der Waals surface area contributed by atoms with Crippen molar-refractivity contribution in [3.05, 3.63) is 144 Å². The molecule has 0 nitrogen and oxygen atoms in total. The molecule has 0 bridgehead atoms. The molecule has 0 fully saturated rings. The van der Waals surface area contributed by atoms with Gasteiger partial charge in [-0.15, -0.1) is 22.2 Å². The Bertz CT molecular complexity index is 4320. The van der Waals surface area contributed by atoms with E-state index in [9.17, 15) is 0 Å². The van der Waals surface area contributed by atoms with Gasteiger partial charge in [0.2, 0.25) is 0 Å². The molecule has 0 aromatic heterocycles. The summed E-state index contributed by atoms with van der Waals surface area (Å²) in [6.07, 6.45) is 0. The van der Waals surface area contributed by atoms with Crippen LogP contribution in [-0.2, 0) is 0 Å². The maximum Gasteiger partial charge on any atom is 0.146 e. The van der Waals surface area contributed by atoms with Gasteiger partial charge in [-0.2, -0.15) is 0 Å². The molecule has 0 aliphatic carbocycles. The molecule has 0 aliphatic rings. The predicted octanol–water partition coefficient (Wildman–Crippen LogP) is 25.7. The standard InChI is InChI=1S/C84H104Si4/c1-53(2)85(54(3)4,55(5)6)41-37-75-73-31-27-28-32-74(73)76(38-42-86(56(7)8,57(9)10)58(11)12)83-51-71-45-67(33-35-69(71)49-79(75)83)68-34-36-70-50-82-77(39-43-87(59(13)14,60(15)16)61(17)18)80-47-65-29-25-26-30-66(65)48-81(80)78(84(82)52-72(70)46-68)40-44-88(62(19)20,63(21)22)64(23)24/h25-36,45-64H,1-24H3. The first-order valence-electron chi connectivity index (χ1n) is 33.9. The van der Waals surface area contributed by atoms with E-state index >= 15 is 0 Å². The van der Waals surface area contributed by atoms with Crippen molar-refractivity contribution in [2.45, 2.75) is 233 Å². The lowest BCUT2D eigenvalue weighted by molar-refractivity contribution is 0.838. The zero-order valence-electron chi connectivity index (χ0n) is 58.5. The number of fused-ring (bicyclic) bond motifs is 7. The first-order valence-corrected chi connectivity index (χ1v) is 42.8. The quantitative estimate of drug-likeness (QED) is 0.0613. The first-order chi connectivity index (χ1) is 41.5. The van der Waals surface area contributed by atoms with Gasteiger partial charge >= 0.3 is 0 Å². The fourth-order valence-electron chi connectivity index (χ4n) is 17.9. The second kappa shape index (κ2) is 25.7. The molecule has 4 heteroatoms. The van der Waals surface area contributed by atoms with Crippen LogP contribution >= 0.6 is 0 Å². The van der Waals surface area contributed by atoms with Crippen molar-refractivity contribution < 1.29 is 0 Å². The van der Waals surface area contributed by atoms with E-state index in [1.165, 1.54) is 86.5 Å². The van der Waals surface area contributed by atoms with Crippen LogP contribution in [0.15, 0.2) is 121 Å². The maximum atomic E-state index is 4.24. The molecule has 0 amide bonds. The van der Waals surface area contributed by atoms with Crippen LogP contribution < -0.4 is 0 Å². The summed E-state index contributed by atoms with van der Waals surface area (Å²) in [6, 6.07) is 46.9. The van der Waals surface area contributed by atoms with Crippen molar-refractivity contribution in [2.24, 2.45) is 0 Å². The molecule has 0 saturated heterocycles. The van der Waals surface area contributed by atoms with Gasteiger partial charge in [-0.3, -0.25) is 0 Å². The highest BCUT2D eigenvalue weighted by atomic mass is 28.3. The Kier molecular flexibility index (Phi) is 19.3. The Morgan fingerprint density at radius 1 is 0.205 bits per heavy atom. The summed E-state index contributed by atoms with van der Waals surface area (Å²) < 4.78 is 0. The Hall–Kier alpha value is -6.09. The number of benzene rings is 9. The van der Waals surface area contributed by atoms with Gasteiger partial charge in [-0.1, -0.05) is 263 Å². The topological polar surface area (TPSA) is 0 Å². The van der Waals surface area contributed by atoms with Crippen LogP contribution in [0.5, 0.6) is 0 Å². The molecule has 0 heterocycles. The highest BCUT2D eigenvalue weighted by molar-refractivity contribution is 6.92. The van der Waals surface area contributed by atoms with Crippen molar-refractivity contribution in [1.29, 1.82) is 0 Å². The minimum atomic E-state index is -2.14. The van der Waals surface area contributed by atoms with Crippen LogP contribution in [0.1, 0.15) is 188 Å². The van der Waals surface area contributed by atoms with Gasteiger partial charge in [0.25, 0.3) is 0 Å². The van der Waals surface area contributed by atoms with E-state index < -0.39 is 32.3 Å². The minimum Gasteiger partial charge on any atom is -0.125 e. The van der Waals surface area contributed by atoms with Crippen molar-refractivity contribution in [2.75, 3.05) is 0 Å². The lowest BCUT2D eigenvalue weighted by Gasteiger charge is -2.38. The smallest absolute Gasteiger partial charge is 0.125 e. The molecular formula is C84H104Si4. The van der Waals surface area contributed by atoms with Gasteiger partial charge in [0, 0.05) is 22.3 Å². The molecule has 9 rings (SSSR count). The lowest BCUT2D eigenvalue weighted by atomic mass is 9.88. The summed E-state index contributed by atoms with van der Waals surface area (Å²) in [5.74, 6) is 16.3. The van der Waals surface area contributed by atoms with Crippen LogP contribution in [0.2, 0.25) is 66.5 Å². The highest BCUT2D eigenvalue weighted by Gasteiger charge is 2.45. The molecule has 9 aromatic rings. The van der Waals surface area contributed by atoms with Gasteiger partial charge in [-0.05, 0) is 202 Å². The largest absolute Gasteiger partial charge is 0.146 e. The molecule has 0 unspecified atom stereocenters. The minimum absolute atomic E-state index is 0.509. The number of hydrogen-bond acceptors (Lipinski definition) is 0. The third-order valence-electron chi connectivity index (χ3n) is 22.3. The zero-order chi connectivity index (χ0) is 64.3. The molecule has 0 aliphatic heterocycles. The highest BCUT2D eigenvalue weighted by Crippen LogP contribution is 2.47. The van der Waals surface area contributed by atoms with E-state index in [-0.39, 0.29) is 0 Å². The van der Waals surface area contributed by atoms with Gasteiger partial charge < -0.3 is 0 Å². The van der Waals surface area contributed by atoms with Gasteiger partial charge in [0.05, 0.1) is 0 Å². The predicted molar refractivity (Wildman–Crippen MR) is 406 cm³/mol. The molecule has 0 saturated carbocycles. The SMILES string of the molecule is CC(C)[Si](C#Cc1c2ccccc2c(C#C[Si](C(C)C)(C(C)C)C(C)C)c2cc3cc(-c4ccc5cc6c(C#C[Si](C(C)C)(C(C)C)C(C)C)c7cc8ccccc8cc7c(C#C[Si](C(C)C)(C(C)C)C(C)C)c6cc5c4)ccc3cc12)(C(C)C)C(C)C. The third-order valence-corrected chi connectivity index (χ3v) is 47.5. The van der Waals surface area contributed by atoms with Crippen molar-refractivity contribution in [3.63, 3.8) is 0 Å². The second-order valence-electron chi connectivity index (χ2n) is 30.3. The number of hydrogen-bond donors (Lipinski definition) is 0. The molecule has 0 radical (unpaired) electrons. The van der Waals surface area contributed by atoms with Crippen molar-refractivity contribution in [1.82, 2.24) is 0 Å². The fourth-order valence-corrected chi connectivity index (χ4v) is 38.7. The first kappa shape index (κ1) is 66.3. The molecular weight excluding hydrogens is 1120 g/mol. The van der Waals surface area contributed by atoms with Gasteiger partial charge in [-0.25, -0.2) is 0 Å². The van der Waals surface area contributed by atoms with Crippen LogP contribution in [-0.4, -0.2) is 32.3 Å². The van der Waals surface area contributed by atoms with Crippen LogP contribution in [0.25, 0.3) is 86.5 Å². The van der Waals surface area contributed by atoms with E-state index in [1.54, 1.807) is 0 Å². The maximum absolute atomic E-state index is 4.24. The molecule has 0 N–H and O–H groups in total. The molecule has 0 atom stereocenters. The normalized spacial score (nSPS) is 13.0. The van der Waals surface area contributed by atoms with E-state index in [0.29, 0.717) is 66.5 Å². The lowest BCUT2D eigenvalue weighted by Crippen LogP contribution is -2.43. The van der Waals surface area contributed by atoms with Crippen LogP contribution in [0, 0.1) is 45.9 Å². The Morgan fingerprint density at radius 2 is 0.398 bits per heavy atom. The van der Waals surface area contributed by atoms with E-state index in [2.05, 4.69) is 333 Å². The summed E-state index contributed by atoms with van der Waals surface area (Å²) in [6.45, 7) is 58.3. The molecule has 9 aromatic carbocycles. The average Bonchev–Trinajstić information content (AvgIpc) is 0.760. The summed E-state index contributed by atoms with van der Waals surface area (Å²) in [5, 5.41) is 17.0. The Labute approximate surface area is 537 Å². The summed E-state index contributed by atoms with van der Waals surface area (Å²) in [7, 11) is -8.45. The van der Waals surface area contributed by atoms with E-state index in [1.807, 2.05) is 0 Å². The Morgan fingerprint density at radius 3 is 0.625 bits per heavy atom. The van der Waals surface area contributed by atoms with E-state index in [4.69, 9.17) is 0 Å². The van der Waals surface area contributed by atoms with Gasteiger partial charge in [0.15, 0.2) is 0 Å².